The molecule has 1 fully saturated rings. The summed E-state index contributed by atoms with van der Waals surface area (Å²) in [5, 5.41) is 8.77. The Bertz CT molecular complexity index is 220. The van der Waals surface area contributed by atoms with Crippen molar-refractivity contribution in [3.8, 4) is 12.0 Å². The fourth-order valence-electron chi connectivity index (χ4n) is 2.93. The van der Waals surface area contributed by atoms with Crippen molar-refractivity contribution in [1.29, 1.82) is 0 Å². The van der Waals surface area contributed by atoms with Crippen molar-refractivity contribution in [3.05, 3.63) is 0 Å². The highest BCUT2D eigenvalue weighted by molar-refractivity contribution is 4.96. The van der Waals surface area contributed by atoms with Crippen LogP contribution in [0.5, 0.6) is 0 Å². The third-order valence-electron chi connectivity index (χ3n) is 4.12. The molecule has 0 aliphatic heterocycles. The van der Waals surface area contributed by atoms with Crippen LogP contribution in [-0.2, 0) is 0 Å². The average molecular weight is 250 g/mol. The van der Waals surface area contributed by atoms with Crippen molar-refractivity contribution in [2.75, 3.05) is 0 Å². The van der Waals surface area contributed by atoms with Gasteiger partial charge in [-0.2, -0.15) is 0 Å². The molecule has 1 rings (SSSR count). The second kappa shape index (κ2) is 11.5. The van der Waals surface area contributed by atoms with E-state index in [4.69, 9.17) is 5.11 Å². The Labute approximate surface area is 113 Å². The van der Waals surface area contributed by atoms with Crippen LogP contribution in [0.1, 0.15) is 89.9 Å². The van der Waals surface area contributed by atoms with E-state index in [-0.39, 0.29) is 0 Å². The van der Waals surface area contributed by atoms with Crippen LogP contribution in [0.15, 0.2) is 0 Å². The molecule has 0 aromatic rings. The van der Waals surface area contributed by atoms with Gasteiger partial charge in [-0.05, 0) is 12.8 Å². The van der Waals surface area contributed by atoms with E-state index in [0.717, 1.165) is 0 Å². The molecule has 0 heterocycles. The average Bonchev–Trinajstić information content (AvgIpc) is 2.39. The molecule has 1 nitrogen and oxygen atoms in total. The Balaban J connectivity index is 2.26. The Hall–Kier alpha value is -0.640. The molecule has 0 saturated heterocycles. The maximum Gasteiger partial charge on any atom is 0.107 e. The molecule has 0 bridgehead atoms. The lowest BCUT2D eigenvalue weighted by Gasteiger charge is -2.09. The third-order valence-corrected chi connectivity index (χ3v) is 4.12. The van der Waals surface area contributed by atoms with E-state index in [1.807, 2.05) is 0 Å². The van der Waals surface area contributed by atoms with E-state index in [2.05, 4.69) is 12.0 Å². The highest BCUT2D eigenvalue weighted by Crippen LogP contribution is 2.20. The first-order valence-corrected chi connectivity index (χ1v) is 8.08. The largest absolute Gasteiger partial charge is 0.462 e. The van der Waals surface area contributed by atoms with Gasteiger partial charge < -0.3 is 5.11 Å². The summed E-state index contributed by atoms with van der Waals surface area (Å²) in [6, 6.07) is 0. The van der Waals surface area contributed by atoms with Crippen molar-refractivity contribution in [2.24, 2.45) is 5.92 Å². The smallest absolute Gasteiger partial charge is 0.107 e. The van der Waals surface area contributed by atoms with Crippen LogP contribution in [-0.4, -0.2) is 5.11 Å². The number of hydrogen-bond acceptors (Lipinski definition) is 1. The normalized spacial score (nSPS) is 22.2. The molecule has 104 valence electrons. The predicted octanol–water partition coefficient (Wildman–Crippen LogP) is 5.41. The number of aliphatic hydroxyl groups is 1. The van der Waals surface area contributed by atoms with Gasteiger partial charge in [0.2, 0.25) is 0 Å². The summed E-state index contributed by atoms with van der Waals surface area (Å²) in [7, 11) is 0. The fourth-order valence-corrected chi connectivity index (χ4v) is 2.93. The Morgan fingerprint density at radius 3 is 1.22 bits per heavy atom. The SMILES string of the molecule is OC#CC1CCCCCCCCCCCCCC1. The monoisotopic (exact) mass is 250 g/mol. The lowest BCUT2D eigenvalue weighted by molar-refractivity contribution is 0.470. The quantitative estimate of drug-likeness (QED) is 0.570. The molecule has 18 heavy (non-hydrogen) atoms. The van der Waals surface area contributed by atoms with Gasteiger partial charge in [-0.3, -0.25) is 0 Å². The lowest BCUT2D eigenvalue weighted by Crippen LogP contribution is -1.98. The molecule has 1 N–H and O–H groups in total. The van der Waals surface area contributed by atoms with E-state index in [1.165, 1.54) is 89.9 Å². The zero-order valence-electron chi connectivity index (χ0n) is 11.9. The summed E-state index contributed by atoms with van der Waals surface area (Å²) in [4.78, 5) is 0. The minimum absolute atomic E-state index is 0.445. The standard InChI is InChI=1S/C17H30O/c18-16-15-17-13-11-9-7-5-3-1-2-4-6-8-10-12-14-17/h17-18H,1-14H2. The van der Waals surface area contributed by atoms with E-state index in [1.54, 1.807) is 0 Å². The van der Waals surface area contributed by atoms with E-state index < -0.39 is 0 Å². The van der Waals surface area contributed by atoms with Crippen LogP contribution < -0.4 is 0 Å². The van der Waals surface area contributed by atoms with Crippen LogP contribution in [0.4, 0.5) is 0 Å². The molecule has 0 radical (unpaired) electrons. The molecule has 0 aromatic heterocycles. The van der Waals surface area contributed by atoms with Crippen molar-refractivity contribution in [3.63, 3.8) is 0 Å². The summed E-state index contributed by atoms with van der Waals surface area (Å²) in [5.74, 6) is 3.43. The highest BCUT2D eigenvalue weighted by Gasteiger charge is 2.06. The first-order chi connectivity index (χ1) is 8.93. The third kappa shape index (κ3) is 8.45. The molecular weight excluding hydrogens is 220 g/mol. The van der Waals surface area contributed by atoms with Crippen LogP contribution in [0, 0.1) is 17.9 Å². The zero-order chi connectivity index (χ0) is 12.9. The molecule has 1 aliphatic rings. The van der Waals surface area contributed by atoms with Crippen LogP contribution in [0.3, 0.4) is 0 Å². The lowest BCUT2D eigenvalue weighted by atomic mass is 9.95. The minimum Gasteiger partial charge on any atom is -0.462 e. The summed E-state index contributed by atoms with van der Waals surface area (Å²) < 4.78 is 0. The number of aliphatic hydroxyl groups excluding tert-OH is 1. The first kappa shape index (κ1) is 15.4. The Kier molecular flexibility index (Phi) is 9.81. The van der Waals surface area contributed by atoms with Gasteiger partial charge in [0.05, 0.1) is 0 Å². The zero-order valence-corrected chi connectivity index (χ0v) is 11.9. The molecule has 0 atom stereocenters. The van der Waals surface area contributed by atoms with E-state index in [0.29, 0.717) is 5.92 Å². The number of hydrogen-bond donors (Lipinski definition) is 1. The van der Waals surface area contributed by atoms with Gasteiger partial charge in [-0.25, -0.2) is 0 Å². The van der Waals surface area contributed by atoms with Gasteiger partial charge in [-0.1, -0.05) is 83.0 Å². The van der Waals surface area contributed by atoms with Crippen LogP contribution in [0.2, 0.25) is 0 Å². The Morgan fingerprint density at radius 1 is 0.556 bits per heavy atom. The van der Waals surface area contributed by atoms with Crippen molar-refractivity contribution in [1.82, 2.24) is 0 Å². The maximum atomic E-state index is 8.77. The van der Waals surface area contributed by atoms with Gasteiger partial charge in [0.1, 0.15) is 6.11 Å². The summed E-state index contributed by atoms with van der Waals surface area (Å²) in [5.41, 5.74) is 0. The summed E-state index contributed by atoms with van der Waals surface area (Å²) in [6.07, 6.45) is 21.1. The second-order valence-corrected chi connectivity index (χ2v) is 5.77. The fraction of sp³-hybridized carbons (Fsp3) is 0.882. The molecular formula is C17H30O. The molecule has 0 aromatic carbocycles. The van der Waals surface area contributed by atoms with Gasteiger partial charge >= 0.3 is 0 Å². The van der Waals surface area contributed by atoms with Crippen molar-refractivity contribution >= 4 is 0 Å². The molecule has 1 saturated carbocycles. The molecule has 1 aliphatic carbocycles. The molecule has 1 heteroatoms. The number of rotatable bonds is 0. The summed E-state index contributed by atoms with van der Waals surface area (Å²) in [6.45, 7) is 0. The van der Waals surface area contributed by atoms with E-state index >= 15 is 0 Å². The van der Waals surface area contributed by atoms with Gasteiger partial charge in [0, 0.05) is 5.92 Å². The van der Waals surface area contributed by atoms with Crippen molar-refractivity contribution < 1.29 is 5.11 Å². The van der Waals surface area contributed by atoms with Crippen LogP contribution in [0.25, 0.3) is 0 Å². The predicted molar refractivity (Wildman–Crippen MR) is 77.8 cm³/mol. The Morgan fingerprint density at radius 2 is 0.889 bits per heavy atom. The van der Waals surface area contributed by atoms with Crippen molar-refractivity contribution in [2.45, 2.75) is 89.9 Å². The molecule has 0 amide bonds. The van der Waals surface area contributed by atoms with E-state index in [9.17, 15) is 0 Å². The van der Waals surface area contributed by atoms with Gasteiger partial charge in [0.25, 0.3) is 0 Å². The minimum atomic E-state index is 0.445. The second-order valence-electron chi connectivity index (χ2n) is 5.77. The highest BCUT2D eigenvalue weighted by atomic mass is 16.2. The van der Waals surface area contributed by atoms with Gasteiger partial charge in [0.15, 0.2) is 0 Å². The maximum absolute atomic E-state index is 8.77. The molecule has 0 unspecified atom stereocenters. The molecule has 0 spiro atoms. The first-order valence-electron chi connectivity index (χ1n) is 8.08. The summed E-state index contributed by atoms with van der Waals surface area (Å²) >= 11 is 0. The van der Waals surface area contributed by atoms with Crippen LogP contribution >= 0.6 is 0 Å². The topological polar surface area (TPSA) is 20.2 Å². The van der Waals surface area contributed by atoms with Gasteiger partial charge in [-0.15, -0.1) is 0 Å².